The number of aromatic amines is 1. The maximum absolute atomic E-state index is 4.54. The molecule has 0 spiro atoms. The topological polar surface area (TPSA) is 70.6 Å². The van der Waals surface area contributed by atoms with Gasteiger partial charge in [-0.3, -0.25) is 9.78 Å². The van der Waals surface area contributed by atoms with E-state index in [4.69, 9.17) is 0 Å². The fourth-order valence-electron chi connectivity index (χ4n) is 3.32. The van der Waals surface area contributed by atoms with E-state index in [0.29, 0.717) is 12.0 Å². The van der Waals surface area contributed by atoms with Crippen molar-refractivity contribution in [2.75, 3.05) is 24.7 Å². The second-order valence-corrected chi connectivity index (χ2v) is 5.86. The van der Waals surface area contributed by atoms with Gasteiger partial charge in [0.1, 0.15) is 11.6 Å². The number of nitrogens with zero attached hydrogens (tertiary/aromatic N) is 3. The van der Waals surface area contributed by atoms with E-state index in [2.05, 4.69) is 42.9 Å². The number of H-pyrrole nitrogens is 1. The Morgan fingerprint density at radius 3 is 2.75 bits per heavy atom. The standard InChI is InChI=1S/C14H20N6/c1-15-13-3-4-20(19-13)12-6-10(12)8-5-9(8)11-7-14(16-2)18-17-11/h3-4,7-10,12H,5-6H2,1-2H3,(H,15,19)(H2,16,17,18). The Labute approximate surface area is 118 Å². The largest absolute Gasteiger partial charge is 0.372 e. The van der Waals surface area contributed by atoms with E-state index in [1.807, 2.05) is 20.2 Å². The Bertz CT molecular complexity index is 560. The van der Waals surface area contributed by atoms with Crippen LogP contribution in [0.15, 0.2) is 18.3 Å². The minimum atomic E-state index is 0.596. The van der Waals surface area contributed by atoms with Gasteiger partial charge in [0.2, 0.25) is 0 Å². The predicted molar refractivity (Wildman–Crippen MR) is 77.9 cm³/mol. The predicted octanol–water partition coefficient (Wildman–Crippen LogP) is 2.05. The van der Waals surface area contributed by atoms with Crippen LogP contribution in [-0.4, -0.2) is 34.1 Å². The van der Waals surface area contributed by atoms with Gasteiger partial charge >= 0.3 is 0 Å². The first-order valence-corrected chi connectivity index (χ1v) is 7.26. The molecule has 0 saturated heterocycles. The molecule has 4 rings (SSSR count). The minimum Gasteiger partial charge on any atom is -0.372 e. The lowest BCUT2D eigenvalue weighted by atomic mass is 10.2. The van der Waals surface area contributed by atoms with Crippen LogP contribution in [-0.2, 0) is 0 Å². The molecule has 2 heterocycles. The zero-order valence-electron chi connectivity index (χ0n) is 11.8. The molecular formula is C14H20N6. The second kappa shape index (κ2) is 4.26. The number of hydrogen-bond donors (Lipinski definition) is 3. The van der Waals surface area contributed by atoms with Crippen molar-refractivity contribution in [2.45, 2.75) is 24.8 Å². The zero-order chi connectivity index (χ0) is 13.7. The summed E-state index contributed by atoms with van der Waals surface area (Å²) in [6, 6.07) is 4.77. The lowest BCUT2D eigenvalue weighted by Gasteiger charge is -2.00. The van der Waals surface area contributed by atoms with E-state index < -0.39 is 0 Å². The highest BCUT2D eigenvalue weighted by molar-refractivity contribution is 5.37. The van der Waals surface area contributed by atoms with Crippen molar-refractivity contribution < 1.29 is 0 Å². The molecule has 0 radical (unpaired) electrons. The Morgan fingerprint density at radius 1 is 1.20 bits per heavy atom. The van der Waals surface area contributed by atoms with E-state index >= 15 is 0 Å². The van der Waals surface area contributed by atoms with Crippen LogP contribution in [0.25, 0.3) is 0 Å². The van der Waals surface area contributed by atoms with E-state index in [1.54, 1.807) is 0 Å². The van der Waals surface area contributed by atoms with Crippen LogP contribution in [0.3, 0.4) is 0 Å². The van der Waals surface area contributed by atoms with Gasteiger partial charge in [-0.2, -0.15) is 10.2 Å². The number of rotatable bonds is 5. The van der Waals surface area contributed by atoms with Crippen LogP contribution in [0.4, 0.5) is 11.6 Å². The molecule has 2 aliphatic rings. The summed E-state index contributed by atoms with van der Waals surface area (Å²) < 4.78 is 2.12. The molecule has 0 aromatic carbocycles. The molecule has 106 valence electrons. The molecule has 2 aliphatic carbocycles. The summed E-state index contributed by atoms with van der Waals surface area (Å²) in [6.07, 6.45) is 4.63. The maximum Gasteiger partial charge on any atom is 0.147 e. The molecule has 0 amide bonds. The monoisotopic (exact) mass is 272 g/mol. The highest BCUT2D eigenvalue weighted by Crippen LogP contribution is 2.63. The molecule has 3 N–H and O–H groups in total. The van der Waals surface area contributed by atoms with Gasteiger partial charge < -0.3 is 10.6 Å². The molecule has 2 saturated carbocycles. The molecule has 0 bridgehead atoms. The first kappa shape index (κ1) is 11.8. The first-order valence-electron chi connectivity index (χ1n) is 7.26. The summed E-state index contributed by atoms with van der Waals surface area (Å²) in [4.78, 5) is 0. The van der Waals surface area contributed by atoms with Crippen molar-refractivity contribution in [3.8, 4) is 0 Å². The van der Waals surface area contributed by atoms with Crippen LogP contribution in [0.1, 0.15) is 30.5 Å². The lowest BCUT2D eigenvalue weighted by Crippen LogP contribution is -2.00. The number of nitrogens with one attached hydrogen (secondary N) is 3. The van der Waals surface area contributed by atoms with Crippen molar-refractivity contribution in [1.29, 1.82) is 0 Å². The van der Waals surface area contributed by atoms with Gasteiger partial charge in [-0.05, 0) is 24.7 Å². The van der Waals surface area contributed by atoms with Gasteiger partial charge in [-0.25, -0.2) is 0 Å². The van der Waals surface area contributed by atoms with E-state index in [0.717, 1.165) is 23.5 Å². The summed E-state index contributed by atoms with van der Waals surface area (Å²) in [7, 11) is 3.81. The molecule has 20 heavy (non-hydrogen) atoms. The number of anilines is 2. The van der Waals surface area contributed by atoms with Gasteiger partial charge in [-0.1, -0.05) is 0 Å². The average Bonchev–Trinajstić information content (AvgIpc) is 3.33. The number of aromatic nitrogens is 4. The van der Waals surface area contributed by atoms with Crippen molar-refractivity contribution in [3.05, 3.63) is 24.0 Å². The zero-order valence-corrected chi connectivity index (χ0v) is 11.8. The van der Waals surface area contributed by atoms with Gasteiger partial charge in [0, 0.05) is 44.0 Å². The van der Waals surface area contributed by atoms with Crippen molar-refractivity contribution >= 4 is 11.6 Å². The normalized spacial score (nSPS) is 31.1. The van der Waals surface area contributed by atoms with Crippen LogP contribution in [0, 0.1) is 11.8 Å². The summed E-state index contributed by atoms with van der Waals surface area (Å²) in [5.41, 5.74) is 1.28. The Kier molecular flexibility index (Phi) is 2.52. The van der Waals surface area contributed by atoms with Crippen LogP contribution in [0.5, 0.6) is 0 Å². The van der Waals surface area contributed by atoms with Gasteiger partial charge in [0.15, 0.2) is 0 Å². The highest BCUT2D eigenvalue weighted by Gasteiger charge is 2.55. The molecule has 2 fully saturated rings. The van der Waals surface area contributed by atoms with Crippen molar-refractivity contribution in [3.63, 3.8) is 0 Å². The smallest absolute Gasteiger partial charge is 0.147 e. The summed E-state index contributed by atoms with van der Waals surface area (Å²) >= 11 is 0. The fraction of sp³-hybridized carbons (Fsp3) is 0.571. The molecule has 6 heteroatoms. The molecular weight excluding hydrogens is 252 g/mol. The Hall–Kier alpha value is -1.98. The van der Waals surface area contributed by atoms with Crippen LogP contribution < -0.4 is 10.6 Å². The summed E-state index contributed by atoms with van der Waals surface area (Å²) in [5, 5.41) is 18.1. The molecule has 0 aliphatic heterocycles. The Balaban J connectivity index is 1.40. The highest BCUT2D eigenvalue weighted by atomic mass is 15.3. The lowest BCUT2D eigenvalue weighted by molar-refractivity contribution is 0.547. The van der Waals surface area contributed by atoms with E-state index in [1.165, 1.54) is 18.5 Å². The summed E-state index contributed by atoms with van der Waals surface area (Å²) in [6.45, 7) is 0. The first-order chi connectivity index (χ1) is 9.80. The van der Waals surface area contributed by atoms with E-state index in [-0.39, 0.29) is 0 Å². The van der Waals surface area contributed by atoms with Gasteiger partial charge in [0.05, 0.1) is 6.04 Å². The van der Waals surface area contributed by atoms with Gasteiger partial charge in [0.25, 0.3) is 0 Å². The number of hydrogen-bond acceptors (Lipinski definition) is 4. The molecule has 2 aromatic heterocycles. The van der Waals surface area contributed by atoms with Crippen LogP contribution in [0.2, 0.25) is 0 Å². The van der Waals surface area contributed by atoms with Crippen molar-refractivity contribution in [1.82, 2.24) is 20.0 Å². The third-order valence-corrected chi connectivity index (χ3v) is 4.65. The quantitative estimate of drug-likeness (QED) is 0.779. The third kappa shape index (κ3) is 1.87. The van der Waals surface area contributed by atoms with Crippen molar-refractivity contribution in [2.24, 2.45) is 11.8 Å². The average molecular weight is 272 g/mol. The maximum atomic E-state index is 4.54. The third-order valence-electron chi connectivity index (χ3n) is 4.65. The fourth-order valence-corrected chi connectivity index (χ4v) is 3.32. The minimum absolute atomic E-state index is 0.596. The van der Waals surface area contributed by atoms with Gasteiger partial charge in [-0.15, -0.1) is 0 Å². The second-order valence-electron chi connectivity index (χ2n) is 5.86. The van der Waals surface area contributed by atoms with E-state index in [9.17, 15) is 0 Å². The molecule has 4 atom stereocenters. The van der Waals surface area contributed by atoms with Crippen LogP contribution >= 0.6 is 0 Å². The Morgan fingerprint density at radius 2 is 2.05 bits per heavy atom. The summed E-state index contributed by atoms with van der Waals surface area (Å²) in [5.74, 6) is 4.14. The molecule has 6 nitrogen and oxygen atoms in total. The molecule has 2 aromatic rings. The molecule has 4 unspecified atom stereocenters. The SMILES string of the molecule is CNc1cc(C2CC2C2CC2n2ccc(NC)n2)[nH]n1.